The summed E-state index contributed by atoms with van der Waals surface area (Å²) in [5, 5.41) is 0.814. The van der Waals surface area contributed by atoms with Gasteiger partial charge < -0.3 is 9.97 Å². The summed E-state index contributed by atoms with van der Waals surface area (Å²) in [6.07, 6.45) is 0. The minimum Gasteiger partial charge on any atom is -0.308 e. The van der Waals surface area contributed by atoms with E-state index < -0.39 is 10.4 Å². The zero-order valence-corrected chi connectivity index (χ0v) is 9.06. The zero-order chi connectivity index (χ0) is 13.1. The van der Waals surface area contributed by atoms with Crippen molar-refractivity contribution in [2.45, 2.75) is 0 Å². The summed E-state index contributed by atoms with van der Waals surface area (Å²) in [6, 6.07) is 6.15. The molecule has 0 aromatic carbocycles. The van der Waals surface area contributed by atoms with Gasteiger partial charge in [-0.2, -0.15) is 8.42 Å². The summed E-state index contributed by atoms with van der Waals surface area (Å²) in [6.45, 7) is 0. The van der Waals surface area contributed by atoms with E-state index in [4.69, 9.17) is 17.5 Å². The number of aromatic nitrogens is 2. The van der Waals surface area contributed by atoms with Crippen molar-refractivity contribution in [1.82, 2.24) is 9.97 Å². The average Bonchev–Trinajstić information content (AvgIpc) is 2.14. The third kappa shape index (κ3) is 5.06. The fraction of sp³-hybridized carbons (Fsp3) is 0. The number of H-pyrrole nitrogens is 2. The van der Waals surface area contributed by atoms with Gasteiger partial charge in [0.25, 0.3) is 0 Å². The SMILES string of the molecule is O=S(=O)(O)O.O=c1ccc2ccc(=O)[nH]c2[nH]1. The average molecular weight is 260 g/mol. The second-order valence-electron chi connectivity index (χ2n) is 2.92. The smallest absolute Gasteiger partial charge is 0.308 e. The van der Waals surface area contributed by atoms with E-state index in [2.05, 4.69) is 9.97 Å². The van der Waals surface area contributed by atoms with Gasteiger partial charge in [0, 0.05) is 17.5 Å². The van der Waals surface area contributed by atoms with Gasteiger partial charge in [0.1, 0.15) is 5.65 Å². The van der Waals surface area contributed by atoms with E-state index in [0.29, 0.717) is 5.65 Å². The largest absolute Gasteiger partial charge is 0.394 e. The van der Waals surface area contributed by atoms with Crippen LogP contribution in [0.3, 0.4) is 0 Å². The molecule has 0 radical (unpaired) electrons. The van der Waals surface area contributed by atoms with Crippen LogP contribution in [0, 0.1) is 0 Å². The maximum Gasteiger partial charge on any atom is 0.394 e. The molecule has 2 aromatic heterocycles. The quantitative estimate of drug-likeness (QED) is 0.473. The maximum absolute atomic E-state index is 10.8. The van der Waals surface area contributed by atoms with Crippen LogP contribution in [0.2, 0.25) is 0 Å². The van der Waals surface area contributed by atoms with Crippen molar-refractivity contribution in [1.29, 1.82) is 0 Å². The molecule has 0 saturated heterocycles. The molecule has 0 aliphatic rings. The van der Waals surface area contributed by atoms with Gasteiger partial charge in [-0.05, 0) is 12.1 Å². The van der Waals surface area contributed by atoms with Crippen LogP contribution >= 0.6 is 0 Å². The molecule has 0 unspecified atom stereocenters. The molecule has 17 heavy (non-hydrogen) atoms. The zero-order valence-electron chi connectivity index (χ0n) is 8.25. The Kier molecular flexibility index (Phi) is 3.78. The Balaban J connectivity index is 0.000000249. The molecule has 9 heteroatoms. The normalized spacial score (nSPS) is 10.7. The number of hydrogen-bond donors (Lipinski definition) is 4. The van der Waals surface area contributed by atoms with E-state index in [0.717, 1.165) is 5.39 Å². The fourth-order valence-electron chi connectivity index (χ4n) is 1.06. The highest BCUT2D eigenvalue weighted by atomic mass is 32.3. The Morgan fingerprint density at radius 2 is 1.24 bits per heavy atom. The molecule has 2 heterocycles. The van der Waals surface area contributed by atoms with Crippen LogP contribution in [0.15, 0.2) is 33.9 Å². The maximum atomic E-state index is 10.8. The van der Waals surface area contributed by atoms with Crippen LogP contribution in [-0.2, 0) is 10.4 Å². The van der Waals surface area contributed by atoms with Crippen LogP contribution in [0.4, 0.5) is 0 Å². The Bertz CT molecular complexity index is 677. The fourth-order valence-corrected chi connectivity index (χ4v) is 1.06. The van der Waals surface area contributed by atoms with Crippen molar-refractivity contribution in [2.75, 3.05) is 0 Å². The third-order valence-electron chi connectivity index (χ3n) is 1.61. The van der Waals surface area contributed by atoms with Crippen molar-refractivity contribution in [2.24, 2.45) is 0 Å². The van der Waals surface area contributed by atoms with Gasteiger partial charge in [-0.1, -0.05) is 0 Å². The van der Waals surface area contributed by atoms with Gasteiger partial charge in [0.2, 0.25) is 11.1 Å². The molecule has 0 amide bonds. The number of aromatic amines is 2. The molecule has 0 atom stereocenters. The van der Waals surface area contributed by atoms with Crippen molar-refractivity contribution >= 4 is 21.4 Å². The summed E-state index contributed by atoms with van der Waals surface area (Å²) >= 11 is 0. The Labute approximate surface area is 94.5 Å². The summed E-state index contributed by atoms with van der Waals surface area (Å²) < 4.78 is 31.6. The first-order valence-corrected chi connectivity index (χ1v) is 5.58. The molecule has 4 N–H and O–H groups in total. The van der Waals surface area contributed by atoms with E-state index in [9.17, 15) is 9.59 Å². The van der Waals surface area contributed by atoms with E-state index in [1.54, 1.807) is 12.1 Å². The summed E-state index contributed by atoms with van der Waals surface area (Å²) in [4.78, 5) is 26.7. The predicted octanol–water partition coefficient (Wildman–Crippen LogP) is -0.436. The summed E-state index contributed by atoms with van der Waals surface area (Å²) in [7, 11) is -4.67. The first kappa shape index (κ1) is 13.1. The molecule has 0 aliphatic carbocycles. The van der Waals surface area contributed by atoms with Crippen molar-refractivity contribution in [3.8, 4) is 0 Å². The van der Waals surface area contributed by atoms with Crippen LogP contribution in [0.25, 0.3) is 11.0 Å². The molecule has 92 valence electrons. The molecule has 0 saturated carbocycles. The second-order valence-corrected chi connectivity index (χ2v) is 3.82. The molecular weight excluding hydrogens is 252 g/mol. The molecule has 0 spiro atoms. The lowest BCUT2D eigenvalue weighted by molar-refractivity contribution is 0.381. The number of hydrogen-bond acceptors (Lipinski definition) is 4. The summed E-state index contributed by atoms with van der Waals surface area (Å²) in [5.41, 5.74) is 0.0312. The second kappa shape index (κ2) is 4.91. The van der Waals surface area contributed by atoms with Crippen LogP contribution < -0.4 is 11.1 Å². The molecule has 2 aromatic rings. The van der Waals surface area contributed by atoms with Gasteiger partial charge in [-0.15, -0.1) is 0 Å². The minimum absolute atomic E-state index is 0.218. The van der Waals surface area contributed by atoms with E-state index >= 15 is 0 Å². The minimum atomic E-state index is -4.67. The van der Waals surface area contributed by atoms with Gasteiger partial charge in [-0.25, -0.2) is 0 Å². The summed E-state index contributed by atoms with van der Waals surface area (Å²) in [5.74, 6) is 0. The topological polar surface area (TPSA) is 140 Å². The van der Waals surface area contributed by atoms with Crippen LogP contribution in [0.5, 0.6) is 0 Å². The first-order valence-electron chi connectivity index (χ1n) is 4.18. The first-order chi connectivity index (χ1) is 7.75. The Morgan fingerprint density at radius 1 is 0.882 bits per heavy atom. The third-order valence-corrected chi connectivity index (χ3v) is 1.61. The highest BCUT2D eigenvalue weighted by Crippen LogP contribution is 2.00. The van der Waals surface area contributed by atoms with Gasteiger partial charge in [0.05, 0.1) is 0 Å². The van der Waals surface area contributed by atoms with E-state index in [1.165, 1.54) is 12.1 Å². The number of fused-ring (bicyclic) bond motifs is 1. The van der Waals surface area contributed by atoms with Gasteiger partial charge in [0.15, 0.2) is 0 Å². The highest BCUT2D eigenvalue weighted by Gasteiger charge is 1.92. The van der Waals surface area contributed by atoms with Crippen molar-refractivity contribution in [3.05, 3.63) is 45.0 Å². The molecular formula is C8H8N2O6S. The van der Waals surface area contributed by atoms with E-state index in [-0.39, 0.29) is 11.1 Å². The molecule has 8 nitrogen and oxygen atoms in total. The standard InChI is InChI=1S/C8H6N2O2.H2O4S/c11-6-3-1-5-2-4-7(12)10-8(5)9-6;1-5(2,3)4/h1-4H,(H2,9,10,11,12);(H2,1,2,3,4). The molecule has 0 fully saturated rings. The van der Waals surface area contributed by atoms with Gasteiger partial charge in [-0.3, -0.25) is 18.7 Å². The lowest BCUT2D eigenvalue weighted by Crippen LogP contribution is -2.09. The van der Waals surface area contributed by atoms with E-state index in [1.807, 2.05) is 0 Å². The van der Waals surface area contributed by atoms with Gasteiger partial charge >= 0.3 is 10.4 Å². The van der Waals surface area contributed by atoms with Crippen LogP contribution in [-0.4, -0.2) is 27.5 Å². The molecule has 0 aliphatic heterocycles. The number of nitrogens with one attached hydrogen (secondary N) is 2. The molecule has 0 bridgehead atoms. The monoisotopic (exact) mass is 260 g/mol. The highest BCUT2D eigenvalue weighted by molar-refractivity contribution is 7.79. The number of rotatable bonds is 0. The number of pyridine rings is 2. The van der Waals surface area contributed by atoms with Crippen molar-refractivity contribution < 1.29 is 17.5 Å². The molecule has 2 rings (SSSR count). The van der Waals surface area contributed by atoms with Crippen molar-refractivity contribution in [3.63, 3.8) is 0 Å². The Hall–Kier alpha value is -1.97. The Morgan fingerprint density at radius 3 is 1.59 bits per heavy atom. The predicted molar refractivity (Wildman–Crippen MR) is 59.4 cm³/mol. The van der Waals surface area contributed by atoms with Crippen LogP contribution in [0.1, 0.15) is 0 Å². The lowest BCUT2D eigenvalue weighted by Gasteiger charge is -1.93. The lowest BCUT2D eigenvalue weighted by atomic mass is 10.3.